The molecule has 0 aliphatic rings. The number of rotatable bonds is 7. The van der Waals surface area contributed by atoms with E-state index in [4.69, 9.17) is 11.6 Å². The number of hydrogen-bond acceptors (Lipinski definition) is 3. The fraction of sp³-hybridized carbons (Fsp3) is 0.263. The van der Waals surface area contributed by atoms with Crippen molar-refractivity contribution in [1.29, 1.82) is 0 Å². The lowest BCUT2D eigenvalue weighted by molar-refractivity contribution is -0.117. The highest BCUT2D eigenvalue weighted by molar-refractivity contribution is 6.31. The third-order valence-corrected chi connectivity index (χ3v) is 3.93. The van der Waals surface area contributed by atoms with Gasteiger partial charge in [0.25, 0.3) is 5.91 Å². The summed E-state index contributed by atoms with van der Waals surface area (Å²) >= 11 is 6.14. The van der Waals surface area contributed by atoms with E-state index in [9.17, 15) is 9.59 Å². The van der Waals surface area contributed by atoms with Gasteiger partial charge in [0, 0.05) is 29.4 Å². The Hall–Kier alpha value is -2.37. The van der Waals surface area contributed by atoms with Crippen LogP contribution in [0.15, 0.2) is 48.5 Å². The average Bonchev–Trinajstić information content (AvgIpc) is 2.57. The monoisotopic (exact) mass is 359 g/mol. The summed E-state index contributed by atoms with van der Waals surface area (Å²) in [6, 6.07) is 14.4. The van der Waals surface area contributed by atoms with Gasteiger partial charge in [-0.2, -0.15) is 0 Å². The van der Waals surface area contributed by atoms with Gasteiger partial charge in [-0.05, 0) is 43.8 Å². The summed E-state index contributed by atoms with van der Waals surface area (Å²) < 4.78 is 0. The Labute approximate surface area is 153 Å². The second-order valence-corrected chi connectivity index (χ2v) is 6.16. The Morgan fingerprint density at radius 1 is 1.12 bits per heavy atom. The number of carbonyl (C=O) groups is 2. The van der Waals surface area contributed by atoms with Crippen LogP contribution in [0.5, 0.6) is 0 Å². The van der Waals surface area contributed by atoms with Crippen LogP contribution in [-0.2, 0) is 11.3 Å². The first-order valence-corrected chi connectivity index (χ1v) is 8.47. The van der Waals surface area contributed by atoms with E-state index in [0.717, 1.165) is 5.56 Å². The minimum Gasteiger partial charge on any atom is -0.352 e. The molecule has 0 radical (unpaired) electrons. The van der Waals surface area contributed by atoms with Gasteiger partial charge in [0.05, 0.1) is 6.54 Å². The van der Waals surface area contributed by atoms with E-state index >= 15 is 0 Å². The van der Waals surface area contributed by atoms with Crippen LogP contribution in [0, 0.1) is 0 Å². The number of benzene rings is 2. The largest absolute Gasteiger partial charge is 0.352 e. The molecule has 0 bridgehead atoms. The maximum atomic E-state index is 12.2. The van der Waals surface area contributed by atoms with Crippen LogP contribution < -0.4 is 10.6 Å². The summed E-state index contributed by atoms with van der Waals surface area (Å²) in [6.45, 7) is 3.21. The number of carbonyl (C=O) groups excluding carboxylic acids is 2. The molecule has 0 spiro atoms. The van der Waals surface area contributed by atoms with Crippen LogP contribution in [0.4, 0.5) is 5.69 Å². The van der Waals surface area contributed by atoms with E-state index in [1.54, 1.807) is 24.3 Å². The molecule has 2 aromatic rings. The Bertz CT molecular complexity index is 749. The van der Waals surface area contributed by atoms with Gasteiger partial charge in [0.1, 0.15) is 0 Å². The minimum atomic E-state index is -0.158. The summed E-state index contributed by atoms with van der Waals surface area (Å²) in [4.78, 5) is 25.9. The molecular formula is C19H22ClN3O2. The van der Waals surface area contributed by atoms with Gasteiger partial charge in [-0.15, -0.1) is 0 Å². The fourth-order valence-corrected chi connectivity index (χ4v) is 2.62. The van der Waals surface area contributed by atoms with Gasteiger partial charge >= 0.3 is 0 Å². The maximum Gasteiger partial charge on any atom is 0.251 e. The Kier molecular flexibility index (Phi) is 6.98. The molecule has 0 aliphatic carbocycles. The third kappa shape index (κ3) is 5.89. The van der Waals surface area contributed by atoms with Crippen molar-refractivity contribution in [2.24, 2.45) is 0 Å². The highest BCUT2D eigenvalue weighted by Crippen LogP contribution is 2.16. The van der Waals surface area contributed by atoms with E-state index in [1.807, 2.05) is 43.1 Å². The van der Waals surface area contributed by atoms with Crippen molar-refractivity contribution in [1.82, 2.24) is 10.2 Å². The summed E-state index contributed by atoms with van der Waals surface area (Å²) in [5, 5.41) is 6.24. The van der Waals surface area contributed by atoms with Crippen LogP contribution in [-0.4, -0.2) is 36.9 Å². The fourth-order valence-electron chi connectivity index (χ4n) is 2.42. The molecule has 0 aromatic heterocycles. The zero-order chi connectivity index (χ0) is 18.2. The summed E-state index contributed by atoms with van der Waals surface area (Å²) in [6.07, 6.45) is 0. The molecule has 132 valence electrons. The lowest BCUT2D eigenvalue weighted by Gasteiger charge is -2.17. The van der Waals surface area contributed by atoms with Gasteiger partial charge in [0.2, 0.25) is 5.91 Å². The topological polar surface area (TPSA) is 61.4 Å². The van der Waals surface area contributed by atoms with Gasteiger partial charge in [0.15, 0.2) is 0 Å². The van der Waals surface area contributed by atoms with Crippen molar-refractivity contribution < 1.29 is 9.59 Å². The molecule has 0 aliphatic heterocycles. The number of nitrogens with zero attached hydrogens (tertiary/aromatic N) is 1. The Morgan fingerprint density at radius 2 is 1.88 bits per heavy atom. The number of hydrogen-bond donors (Lipinski definition) is 2. The summed E-state index contributed by atoms with van der Waals surface area (Å²) in [5.41, 5.74) is 2.08. The quantitative estimate of drug-likeness (QED) is 0.798. The Morgan fingerprint density at radius 3 is 2.60 bits per heavy atom. The zero-order valence-corrected chi connectivity index (χ0v) is 15.1. The van der Waals surface area contributed by atoms with Gasteiger partial charge in [-0.1, -0.05) is 35.9 Å². The van der Waals surface area contributed by atoms with Crippen LogP contribution in [0.3, 0.4) is 0 Å². The van der Waals surface area contributed by atoms with Crippen molar-refractivity contribution >= 4 is 29.1 Å². The number of amides is 2. The van der Waals surface area contributed by atoms with Crippen molar-refractivity contribution in [3.8, 4) is 0 Å². The number of nitrogens with one attached hydrogen (secondary N) is 2. The molecular weight excluding hydrogens is 338 g/mol. The van der Waals surface area contributed by atoms with Crippen molar-refractivity contribution in [3.63, 3.8) is 0 Å². The second kappa shape index (κ2) is 9.20. The first-order chi connectivity index (χ1) is 12.0. The average molecular weight is 360 g/mol. The molecule has 0 unspecified atom stereocenters. The zero-order valence-electron chi connectivity index (χ0n) is 14.4. The predicted octanol–water partition coefficient (Wildman–Crippen LogP) is 3.16. The van der Waals surface area contributed by atoms with Crippen molar-refractivity contribution in [2.75, 3.05) is 25.5 Å². The number of likely N-dealkylation sites (N-methyl/N-ethyl adjacent to an activating group) is 1. The first-order valence-electron chi connectivity index (χ1n) is 8.09. The molecule has 0 saturated heterocycles. The molecule has 0 heterocycles. The van der Waals surface area contributed by atoms with Crippen LogP contribution in [0.2, 0.25) is 5.02 Å². The van der Waals surface area contributed by atoms with E-state index in [1.165, 1.54) is 0 Å². The minimum absolute atomic E-state index is 0.150. The SMILES string of the molecule is CCNC(=O)c1cccc(NC(=O)CN(C)Cc2ccccc2Cl)c1. The van der Waals surface area contributed by atoms with E-state index < -0.39 is 0 Å². The Balaban J connectivity index is 1.92. The molecule has 0 atom stereocenters. The van der Waals surface area contributed by atoms with Gasteiger partial charge in [-0.3, -0.25) is 14.5 Å². The van der Waals surface area contributed by atoms with E-state index in [0.29, 0.717) is 29.4 Å². The summed E-state index contributed by atoms with van der Waals surface area (Å²) in [7, 11) is 1.86. The smallest absolute Gasteiger partial charge is 0.251 e. The van der Waals surface area contributed by atoms with Gasteiger partial charge in [-0.25, -0.2) is 0 Å². The van der Waals surface area contributed by atoms with Crippen LogP contribution >= 0.6 is 11.6 Å². The van der Waals surface area contributed by atoms with Crippen molar-refractivity contribution in [3.05, 3.63) is 64.7 Å². The second-order valence-electron chi connectivity index (χ2n) is 5.75. The highest BCUT2D eigenvalue weighted by Gasteiger charge is 2.10. The molecule has 25 heavy (non-hydrogen) atoms. The molecule has 2 amide bonds. The molecule has 0 saturated carbocycles. The van der Waals surface area contributed by atoms with Crippen molar-refractivity contribution in [2.45, 2.75) is 13.5 Å². The highest BCUT2D eigenvalue weighted by atomic mass is 35.5. The van der Waals surface area contributed by atoms with Gasteiger partial charge < -0.3 is 10.6 Å². The molecule has 5 nitrogen and oxygen atoms in total. The predicted molar refractivity (Wildman–Crippen MR) is 101 cm³/mol. The molecule has 0 fully saturated rings. The molecule has 6 heteroatoms. The lowest BCUT2D eigenvalue weighted by Crippen LogP contribution is -2.30. The third-order valence-electron chi connectivity index (χ3n) is 3.56. The number of halogens is 1. The maximum absolute atomic E-state index is 12.2. The van der Waals surface area contributed by atoms with E-state index in [2.05, 4.69) is 10.6 Å². The molecule has 2 aromatic carbocycles. The first kappa shape index (κ1) is 19.0. The molecule has 2 N–H and O–H groups in total. The number of anilines is 1. The molecule has 2 rings (SSSR count). The lowest BCUT2D eigenvalue weighted by atomic mass is 10.2. The van der Waals surface area contributed by atoms with Crippen LogP contribution in [0.1, 0.15) is 22.8 Å². The summed E-state index contributed by atoms with van der Waals surface area (Å²) in [5.74, 6) is -0.308. The van der Waals surface area contributed by atoms with E-state index in [-0.39, 0.29) is 18.4 Å². The normalized spacial score (nSPS) is 10.6. The standard InChI is InChI=1S/C19H22ClN3O2/c1-3-21-19(25)14-8-6-9-16(11-14)22-18(24)13-23(2)12-15-7-4-5-10-17(15)20/h4-11H,3,12-13H2,1-2H3,(H,21,25)(H,22,24). The van der Waals surface area contributed by atoms with Crippen LogP contribution in [0.25, 0.3) is 0 Å².